The van der Waals surface area contributed by atoms with Gasteiger partial charge in [-0.15, -0.1) is 0 Å². The molecule has 0 aromatic rings. The molecule has 1 fully saturated rings. The molecule has 0 amide bonds. The summed E-state index contributed by atoms with van der Waals surface area (Å²) in [5.41, 5.74) is 0.143. The highest BCUT2D eigenvalue weighted by Gasteiger charge is 2.50. The summed E-state index contributed by atoms with van der Waals surface area (Å²) in [7, 11) is 0. The number of carbonyl (C=O) groups is 1. The molecule has 0 aromatic heterocycles. The maximum atomic E-state index is 10.8. The Morgan fingerprint density at radius 3 is 2.31 bits per heavy atom. The predicted octanol–water partition coefficient (Wildman–Crippen LogP) is 2.92. The molecule has 2 nitrogen and oxygen atoms in total. The first-order chi connectivity index (χ1) is 5.79. The van der Waals surface area contributed by atoms with Crippen molar-refractivity contribution < 1.29 is 9.90 Å². The largest absolute Gasteiger partial charge is 0.481 e. The zero-order valence-corrected chi connectivity index (χ0v) is 9.05. The number of carboxylic acid groups (broad SMARTS) is 1. The molecular weight excluding hydrogens is 164 g/mol. The van der Waals surface area contributed by atoms with E-state index in [0.717, 1.165) is 12.8 Å². The summed E-state index contributed by atoms with van der Waals surface area (Å²) in [4.78, 5) is 10.8. The number of hydrogen-bond donors (Lipinski definition) is 1. The first kappa shape index (κ1) is 10.6. The van der Waals surface area contributed by atoms with Crippen molar-refractivity contribution in [3.63, 3.8) is 0 Å². The summed E-state index contributed by atoms with van der Waals surface area (Å²) in [5, 5.41) is 8.86. The molecule has 1 rings (SSSR count). The topological polar surface area (TPSA) is 37.3 Å². The van der Waals surface area contributed by atoms with Gasteiger partial charge >= 0.3 is 5.97 Å². The second kappa shape index (κ2) is 3.00. The average Bonchev–Trinajstić information content (AvgIpc) is 2.13. The smallest absolute Gasteiger partial charge is 0.303 e. The van der Waals surface area contributed by atoms with Gasteiger partial charge in [0.05, 0.1) is 6.42 Å². The lowest BCUT2D eigenvalue weighted by Gasteiger charge is -2.40. The molecule has 1 saturated carbocycles. The Kier molecular flexibility index (Phi) is 2.44. The van der Waals surface area contributed by atoms with E-state index in [4.69, 9.17) is 5.11 Å². The van der Waals surface area contributed by atoms with Gasteiger partial charge < -0.3 is 5.11 Å². The van der Waals surface area contributed by atoms with Crippen LogP contribution in [-0.4, -0.2) is 11.1 Å². The first-order valence-electron chi connectivity index (χ1n) is 5.01. The first-order valence-corrected chi connectivity index (χ1v) is 5.01. The molecule has 0 saturated heterocycles. The predicted molar refractivity (Wildman–Crippen MR) is 52.5 cm³/mol. The summed E-state index contributed by atoms with van der Waals surface area (Å²) >= 11 is 0. The lowest BCUT2D eigenvalue weighted by atomic mass is 9.64. The lowest BCUT2D eigenvalue weighted by molar-refractivity contribution is -0.141. The van der Waals surface area contributed by atoms with Crippen LogP contribution in [0.1, 0.15) is 47.0 Å². The van der Waals surface area contributed by atoms with Gasteiger partial charge in [0.25, 0.3) is 0 Å². The number of hydrogen-bond acceptors (Lipinski definition) is 1. The standard InChI is InChI=1S/C11H20O2/c1-8-5-6-11(4,7-9(12)13)10(8,2)3/h8H,5-7H2,1-4H3,(H,12,13)/t8?,11-/m0/s1. The van der Waals surface area contributed by atoms with Gasteiger partial charge in [-0.3, -0.25) is 4.79 Å². The van der Waals surface area contributed by atoms with Gasteiger partial charge in [0.1, 0.15) is 0 Å². The van der Waals surface area contributed by atoms with E-state index < -0.39 is 5.97 Å². The molecule has 2 heteroatoms. The summed E-state index contributed by atoms with van der Waals surface area (Å²) in [6, 6.07) is 0. The van der Waals surface area contributed by atoms with Crippen molar-refractivity contribution in [2.24, 2.45) is 16.7 Å². The summed E-state index contributed by atoms with van der Waals surface area (Å²) < 4.78 is 0. The molecule has 1 N–H and O–H groups in total. The monoisotopic (exact) mass is 184 g/mol. The zero-order chi connectivity index (χ0) is 10.3. The molecule has 0 spiro atoms. The van der Waals surface area contributed by atoms with Crippen molar-refractivity contribution in [1.82, 2.24) is 0 Å². The molecule has 1 aliphatic rings. The fourth-order valence-electron chi connectivity index (χ4n) is 2.46. The molecule has 1 aliphatic carbocycles. The van der Waals surface area contributed by atoms with Crippen molar-refractivity contribution in [2.45, 2.75) is 47.0 Å². The fraction of sp³-hybridized carbons (Fsp3) is 0.909. The van der Waals surface area contributed by atoms with E-state index in [1.165, 1.54) is 0 Å². The van der Waals surface area contributed by atoms with Gasteiger partial charge in [-0.2, -0.15) is 0 Å². The molecule has 1 unspecified atom stereocenters. The van der Waals surface area contributed by atoms with Gasteiger partial charge in [-0.1, -0.05) is 27.7 Å². The van der Waals surface area contributed by atoms with Crippen molar-refractivity contribution in [1.29, 1.82) is 0 Å². The van der Waals surface area contributed by atoms with Gasteiger partial charge in [-0.25, -0.2) is 0 Å². The Hall–Kier alpha value is -0.530. The summed E-state index contributed by atoms with van der Waals surface area (Å²) in [6.45, 7) is 8.75. The Bertz CT molecular complexity index is 220. The van der Waals surface area contributed by atoms with E-state index in [2.05, 4.69) is 27.7 Å². The lowest BCUT2D eigenvalue weighted by Crippen LogP contribution is -2.35. The normalized spacial score (nSPS) is 37.7. The van der Waals surface area contributed by atoms with E-state index in [0.29, 0.717) is 12.3 Å². The van der Waals surface area contributed by atoms with Crippen molar-refractivity contribution in [3.05, 3.63) is 0 Å². The minimum atomic E-state index is -0.662. The van der Waals surface area contributed by atoms with Gasteiger partial charge in [-0.05, 0) is 29.6 Å². The van der Waals surface area contributed by atoms with Gasteiger partial charge in [0.2, 0.25) is 0 Å². The zero-order valence-electron chi connectivity index (χ0n) is 9.05. The highest BCUT2D eigenvalue weighted by Crippen LogP contribution is 2.57. The minimum absolute atomic E-state index is 0.0156. The molecule has 0 aromatic carbocycles. The number of rotatable bonds is 2. The Labute approximate surface area is 80.3 Å². The van der Waals surface area contributed by atoms with Crippen LogP contribution in [0.4, 0.5) is 0 Å². The molecular formula is C11H20O2. The highest BCUT2D eigenvalue weighted by atomic mass is 16.4. The third kappa shape index (κ3) is 1.59. The van der Waals surface area contributed by atoms with Crippen LogP contribution >= 0.6 is 0 Å². The maximum Gasteiger partial charge on any atom is 0.303 e. The van der Waals surface area contributed by atoms with E-state index in [1.54, 1.807) is 0 Å². The van der Waals surface area contributed by atoms with Crippen LogP contribution in [0, 0.1) is 16.7 Å². The molecule has 0 aliphatic heterocycles. The maximum absolute atomic E-state index is 10.8. The Morgan fingerprint density at radius 1 is 1.46 bits per heavy atom. The Morgan fingerprint density at radius 2 is 2.00 bits per heavy atom. The average molecular weight is 184 g/mol. The van der Waals surface area contributed by atoms with Crippen LogP contribution < -0.4 is 0 Å². The third-order valence-corrected chi connectivity index (χ3v) is 4.46. The van der Waals surface area contributed by atoms with Crippen molar-refractivity contribution in [3.8, 4) is 0 Å². The highest BCUT2D eigenvalue weighted by molar-refractivity contribution is 5.67. The second-order valence-corrected chi connectivity index (χ2v) is 5.29. The van der Waals surface area contributed by atoms with Crippen LogP contribution in [0.15, 0.2) is 0 Å². The molecule has 0 bridgehead atoms. The molecule has 0 radical (unpaired) electrons. The van der Waals surface area contributed by atoms with Crippen molar-refractivity contribution in [2.75, 3.05) is 0 Å². The van der Waals surface area contributed by atoms with E-state index in [9.17, 15) is 4.79 Å². The molecule has 2 atom stereocenters. The van der Waals surface area contributed by atoms with Gasteiger partial charge in [0, 0.05) is 0 Å². The van der Waals surface area contributed by atoms with Crippen molar-refractivity contribution >= 4 is 5.97 Å². The Balaban J connectivity index is 2.85. The molecule has 0 heterocycles. The second-order valence-electron chi connectivity index (χ2n) is 5.29. The number of carboxylic acids is 1. The van der Waals surface area contributed by atoms with Gasteiger partial charge in [0.15, 0.2) is 0 Å². The van der Waals surface area contributed by atoms with Crippen LogP contribution in [0.25, 0.3) is 0 Å². The van der Waals surface area contributed by atoms with Crippen LogP contribution in [-0.2, 0) is 4.79 Å². The fourth-order valence-corrected chi connectivity index (χ4v) is 2.46. The van der Waals surface area contributed by atoms with Crippen LogP contribution in [0.3, 0.4) is 0 Å². The SMILES string of the molecule is CC1CC[C@@](C)(CC(=O)O)C1(C)C. The quantitative estimate of drug-likeness (QED) is 0.716. The van der Waals surface area contributed by atoms with E-state index >= 15 is 0 Å². The van der Waals surface area contributed by atoms with E-state index in [-0.39, 0.29) is 10.8 Å². The van der Waals surface area contributed by atoms with E-state index in [1.807, 2.05) is 0 Å². The van der Waals surface area contributed by atoms with Crippen LogP contribution in [0.2, 0.25) is 0 Å². The molecule has 13 heavy (non-hydrogen) atoms. The molecule has 76 valence electrons. The minimum Gasteiger partial charge on any atom is -0.481 e. The summed E-state index contributed by atoms with van der Waals surface area (Å²) in [6.07, 6.45) is 2.52. The third-order valence-electron chi connectivity index (χ3n) is 4.46. The van der Waals surface area contributed by atoms with Crippen LogP contribution in [0.5, 0.6) is 0 Å². The number of aliphatic carboxylic acids is 1. The summed E-state index contributed by atoms with van der Waals surface area (Å²) in [5.74, 6) is -0.0264.